The highest BCUT2D eigenvalue weighted by atomic mass is 16.4. The Morgan fingerprint density at radius 3 is 2.40 bits per heavy atom. The second-order valence-electron chi connectivity index (χ2n) is 2.76. The highest BCUT2D eigenvalue weighted by molar-refractivity contribution is 5.69. The lowest BCUT2D eigenvalue weighted by atomic mass is 10.1. The molecule has 0 aliphatic heterocycles. The van der Waals surface area contributed by atoms with E-state index in [1.165, 1.54) is 5.57 Å². The van der Waals surface area contributed by atoms with E-state index < -0.39 is 5.97 Å². The van der Waals surface area contributed by atoms with Crippen LogP contribution in [-0.2, 0) is 4.79 Å². The first-order chi connectivity index (χ1) is 4.54. The summed E-state index contributed by atoms with van der Waals surface area (Å²) < 4.78 is 0. The quantitative estimate of drug-likeness (QED) is 0.612. The third-order valence-electron chi connectivity index (χ3n) is 1.30. The van der Waals surface area contributed by atoms with Crippen LogP contribution in [0.5, 0.6) is 0 Å². The first-order valence-corrected chi connectivity index (χ1v) is 3.40. The first kappa shape index (κ1) is 9.21. The normalized spacial score (nSPS) is 12.3. The molecule has 0 aromatic carbocycles. The SMILES string of the molecule is CC(C)=CCC(C)C(=O)O. The van der Waals surface area contributed by atoms with Gasteiger partial charge < -0.3 is 5.11 Å². The third kappa shape index (κ3) is 4.13. The Morgan fingerprint density at radius 1 is 1.60 bits per heavy atom. The molecular weight excluding hydrogens is 128 g/mol. The highest BCUT2D eigenvalue weighted by Crippen LogP contribution is 2.04. The largest absolute Gasteiger partial charge is 0.481 e. The summed E-state index contributed by atoms with van der Waals surface area (Å²) in [5.74, 6) is -0.979. The molecule has 0 spiro atoms. The predicted molar refractivity (Wildman–Crippen MR) is 40.8 cm³/mol. The summed E-state index contributed by atoms with van der Waals surface area (Å²) in [5.41, 5.74) is 1.17. The van der Waals surface area contributed by atoms with Gasteiger partial charge in [-0.1, -0.05) is 18.6 Å². The maximum Gasteiger partial charge on any atom is 0.306 e. The number of carboxylic acids is 1. The first-order valence-electron chi connectivity index (χ1n) is 3.40. The van der Waals surface area contributed by atoms with Gasteiger partial charge in [-0.25, -0.2) is 0 Å². The minimum atomic E-state index is -0.725. The summed E-state index contributed by atoms with van der Waals surface area (Å²) in [6.45, 7) is 5.64. The molecule has 1 N–H and O–H groups in total. The summed E-state index contributed by atoms with van der Waals surface area (Å²) in [4.78, 5) is 10.3. The molecule has 0 radical (unpaired) electrons. The smallest absolute Gasteiger partial charge is 0.306 e. The molecule has 0 aliphatic carbocycles. The molecule has 0 saturated carbocycles. The van der Waals surface area contributed by atoms with Crippen LogP contribution in [0.25, 0.3) is 0 Å². The van der Waals surface area contributed by atoms with Gasteiger partial charge in [0.2, 0.25) is 0 Å². The Bertz CT molecular complexity index is 143. The van der Waals surface area contributed by atoms with Crippen LogP contribution in [0.15, 0.2) is 11.6 Å². The number of allylic oxidation sites excluding steroid dienone is 2. The fraction of sp³-hybridized carbons (Fsp3) is 0.625. The maximum atomic E-state index is 10.3. The molecule has 0 bridgehead atoms. The van der Waals surface area contributed by atoms with Crippen LogP contribution < -0.4 is 0 Å². The Labute approximate surface area is 61.6 Å². The molecule has 0 saturated heterocycles. The van der Waals surface area contributed by atoms with Gasteiger partial charge >= 0.3 is 5.97 Å². The molecule has 1 atom stereocenters. The maximum absolute atomic E-state index is 10.3. The van der Waals surface area contributed by atoms with E-state index in [1.807, 2.05) is 19.9 Å². The summed E-state index contributed by atoms with van der Waals surface area (Å²) in [7, 11) is 0. The van der Waals surface area contributed by atoms with E-state index in [1.54, 1.807) is 6.92 Å². The standard InChI is InChI=1S/C8H14O2/c1-6(2)4-5-7(3)8(9)10/h4,7H,5H2,1-3H3,(H,9,10). The van der Waals surface area contributed by atoms with Crippen molar-refractivity contribution < 1.29 is 9.90 Å². The van der Waals surface area contributed by atoms with Gasteiger partial charge in [0.25, 0.3) is 0 Å². The molecule has 0 aromatic heterocycles. The van der Waals surface area contributed by atoms with Crippen LogP contribution in [0, 0.1) is 5.92 Å². The zero-order valence-corrected chi connectivity index (χ0v) is 6.72. The number of aliphatic carboxylic acids is 1. The minimum Gasteiger partial charge on any atom is -0.481 e. The average molecular weight is 142 g/mol. The van der Waals surface area contributed by atoms with E-state index in [2.05, 4.69) is 0 Å². The average Bonchev–Trinajstić information content (AvgIpc) is 1.82. The van der Waals surface area contributed by atoms with Crippen molar-refractivity contribution in [2.24, 2.45) is 5.92 Å². The van der Waals surface area contributed by atoms with Crippen molar-refractivity contribution in [1.82, 2.24) is 0 Å². The number of carbonyl (C=O) groups is 1. The zero-order valence-electron chi connectivity index (χ0n) is 6.72. The van der Waals surface area contributed by atoms with Crippen molar-refractivity contribution in [3.63, 3.8) is 0 Å². The van der Waals surface area contributed by atoms with Crippen molar-refractivity contribution in [2.75, 3.05) is 0 Å². The fourth-order valence-corrected chi connectivity index (χ4v) is 0.513. The molecule has 1 unspecified atom stereocenters. The topological polar surface area (TPSA) is 37.3 Å². The van der Waals surface area contributed by atoms with Gasteiger partial charge in [-0.3, -0.25) is 4.79 Å². The van der Waals surface area contributed by atoms with E-state index in [4.69, 9.17) is 5.11 Å². The lowest BCUT2D eigenvalue weighted by Crippen LogP contribution is -2.07. The van der Waals surface area contributed by atoms with Crippen LogP contribution in [0.2, 0.25) is 0 Å². The molecule has 58 valence electrons. The van der Waals surface area contributed by atoms with Gasteiger partial charge in [0.15, 0.2) is 0 Å². The number of carboxylic acid groups (broad SMARTS) is 1. The molecule has 0 amide bonds. The number of hydrogen-bond acceptors (Lipinski definition) is 1. The lowest BCUT2D eigenvalue weighted by Gasteiger charge is -2.00. The molecule has 10 heavy (non-hydrogen) atoms. The molecule has 2 nitrogen and oxygen atoms in total. The van der Waals surface area contributed by atoms with Gasteiger partial charge in [0.1, 0.15) is 0 Å². The molecule has 0 fully saturated rings. The summed E-state index contributed by atoms with van der Waals surface area (Å²) in [6.07, 6.45) is 2.58. The van der Waals surface area contributed by atoms with Gasteiger partial charge in [0, 0.05) is 0 Å². The second kappa shape index (κ2) is 4.09. The molecule has 0 rings (SSSR count). The zero-order chi connectivity index (χ0) is 8.15. The molecule has 2 heteroatoms. The Kier molecular flexibility index (Phi) is 3.77. The van der Waals surface area contributed by atoms with Crippen molar-refractivity contribution in [2.45, 2.75) is 27.2 Å². The van der Waals surface area contributed by atoms with E-state index in [9.17, 15) is 4.79 Å². The summed E-state index contributed by atoms with van der Waals surface area (Å²) >= 11 is 0. The molecule has 0 aromatic rings. The monoisotopic (exact) mass is 142 g/mol. The number of hydrogen-bond donors (Lipinski definition) is 1. The van der Waals surface area contributed by atoms with Gasteiger partial charge in [-0.05, 0) is 20.3 Å². The van der Waals surface area contributed by atoms with E-state index in [-0.39, 0.29) is 5.92 Å². The van der Waals surface area contributed by atoms with Crippen LogP contribution in [0.1, 0.15) is 27.2 Å². The van der Waals surface area contributed by atoms with E-state index >= 15 is 0 Å². The Hall–Kier alpha value is -0.790. The summed E-state index contributed by atoms with van der Waals surface area (Å²) in [6, 6.07) is 0. The van der Waals surface area contributed by atoms with Crippen LogP contribution >= 0.6 is 0 Å². The van der Waals surface area contributed by atoms with Crippen molar-refractivity contribution >= 4 is 5.97 Å². The molecule has 0 aliphatic rings. The van der Waals surface area contributed by atoms with Crippen molar-refractivity contribution in [3.05, 3.63) is 11.6 Å². The minimum absolute atomic E-state index is 0.255. The third-order valence-corrected chi connectivity index (χ3v) is 1.30. The van der Waals surface area contributed by atoms with Crippen LogP contribution in [0.4, 0.5) is 0 Å². The highest BCUT2D eigenvalue weighted by Gasteiger charge is 2.07. The molecular formula is C8H14O2. The van der Waals surface area contributed by atoms with E-state index in [0.717, 1.165) is 0 Å². The Balaban J connectivity index is 3.70. The summed E-state index contributed by atoms with van der Waals surface area (Å²) in [5, 5.41) is 8.47. The van der Waals surface area contributed by atoms with Gasteiger partial charge in [-0.2, -0.15) is 0 Å². The van der Waals surface area contributed by atoms with Crippen LogP contribution in [-0.4, -0.2) is 11.1 Å². The molecule has 0 heterocycles. The Morgan fingerprint density at radius 2 is 2.10 bits per heavy atom. The van der Waals surface area contributed by atoms with Gasteiger partial charge in [0.05, 0.1) is 5.92 Å². The van der Waals surface area contributed by atoms with E-state index in [0.29, 0.717) is 6.42 Å². The van der Waals surface area contributed by atoms with Crippen molar-refractivity contribution in [1.29, 1.82) is 0 Å². The van der Waals surface area contributed by atoms with Crippen LogP contribution in [0.3, 0.4) is 0 Å². The fourth-order valence-electron chi connectivity index (χ4n) is 0.513. The predicted octanol–water partition coefficient (Wildman–Crippen LogP) is 2.06. The number of rotatable bonds is 3. The lowest BCUT2D eigenvalue weighted by molar-refractivity contribution is -0.140. The van der Waals surface area contributed by atoms with Gasteiger partial charge in [-0.15, -0.1) is 0 Å². The second-order valence-corrected chi connectivity index (χ2v) is 2.76. The van der Waals surface area contributed by atoms with Crippen molar-refractivity contribution in [3.8, 4) is 0 Å².